The minimum absolute atomic E-state index is 0.0767. The second-order valence-corrected chi connectivity index (χ2v) is 8.94. The average molecular weight is 448 g/mol. The van der Waals surface area contributed by atoms with E-state index >= 15 is 0 Å². The van der Waals surface area contributed by atoms with Crippen molar-refractivity contribution in [1.82, 2.24) is 25.5 Å². The van der Waals surface area contributed by atoms with Gasteiger partial charge in [0.15, 0.2) is 5.82 Å². The standard InChI is InChI=1S/C20H19Cl2N5OS/c21-15-6-7-16(22)17(11-15)29-19(14-4-2-1-3-5-14)20(28)27-9-8-13(12-27)10-18-23-25-26-24-18/h1-7,11,13,19H,8-10,12H2,(H,23,24,25,26). The van der Waals surface area contributed by atoms with Crippen LogP contribution in [0.5, 0.6) is 0 Å². The number of halogens is 2. The fourth-order valence-corrected chi connectivity index (χ4v) is 5.14. The highest BCUT2D eigenvalue weighted by molar-refractivity contribution is 8.00. The van der Waals surface area contributed by atoms with Gasteiger partial charge in [0.25, 0.3) is 0 Å². The lowest BCUT2D eigenvalue weighted by molar-refractivity contribution is -0.129. The van der Waals surface area contributed by atoms with Crippen LogP contribution in [0.3, 0.4) is 0 Å². The van der Waals surface area contributed by atoms with Gasteiger partial charge in [-0.3, -0.25) is 4.79 Å². The van der Waals surface area contributed by atoms with E-state index in [2.05, 4.69) is 20.6 Å². The van der Waals surface area contributed by atoms with Gasteiger partial charge in [0, 0.05) is 29.4 Å². The molecule has 2 aromatic carbocycles. The second kappa shape index (κ2) is 9.15. The number of carbonyl (C=O) groups excluding carboxylic acids is 1. The highest BCUT2D eigenvalue weighted by Crippen LogP contribution is 2.41. The quantitative estimate of drug-likeness (QED) is 0.565. The van der Waals surface area contributed by atoms with Crippen molar-refractivity contribution in [1.29, 1.82) is 0 Å². The molecule has 6 nitrogen and oxygen atoms in total. The van der Waals surface area contributed by atoms with Gasteiger partial charge >= 0.3 is 0 Å². The predicted octanol–water partition coefficient (Wildman–Crippen LogP) is 4.43. The summed E-state index contributed by atoms with van der Waals surface area (Å²) in [6.45, 7) is 1.40. The Kier molecular flexibility index (Phi) is 6.37. The Balaban J connectivity index is 1.53. The molecule has 0 radical (unpaired) electrons. The number of hydrogen-bond donors (Lipinski definition) is 1. The van der Waals surface area contributed by atoms with Gasteiger partial charge in [-0.15, -0.1) is 22.0 Å². The van der Waals surface area contributed by atoms with E-state index in [-0.39, 0.29) is 5.91 Å². The maximum atomic E-state index is 13.5. The number of rotatable bonds is 6. The molecule has 4 rings (SSSR count). The van der Waals surface area contributed by atoms with Crippen molar-refractivity contribution in [3.05, 3.63) is 70.0 Å². The van der Waals surface area contributed by atoms with Crippen molar-refractivity contribution >= 4 is 40.9 Å². The zero-order chi connectivity index (χ0) is 20.2. The molecule has 1 saturated heterocycles. The molecule has 9 heteroatoms. The molecule has 29 heavy (non-hydrogen) atoms. The summed E-state index contributed by atoms with van der Waals surface area (Å²) >= 11 is 14.0. The molecule has 1 aliphatic heterocycles. The van der Waals surface area contributed by atoms with E-state index < -0.39 is 5.25 Å². The molecular weight excluding hydrogens is 429 g/mol. The van der Waals surface area contributed by atoms with Crippen molar-refractivity contribution in [2.24, 2.45) is 5.92 Å². The highest BCUT2D eigenvalue weighted by atomic mass is 35.5. The van der Waals surface area contributed by atoms with Crippen molar-refractivity contribution in [3.8, 4) is 0 Å². The van der Waals surface area contributed by atoms with E-state index in [0.717, 1.165) is 16.9 Å². The number of nitrogens with zero attached hydrogens (tertiary/aromatic N) is 4. The SMILES string of the molecule is O=C(C(Sc1cc(Cl)ccc1Cl)c1ccccc1)N1CCC(Cc2nn[nH]n2)C1. The van der Waals surface area contributed by atoms with Crippen LogP contribution in [0.15, 0.2) is 53.4 Å². The molecule has 0 aliphatic carbocycles. The van der Waals surface area contributed by atoms with E-state index in [9.17, 15) is 4.79 Å². The minimum Gasteiger partial charge on any atom is -0.341 e. The van der Waals surface area contributed by atoms with Gasteiger partial charge in [-0.1, -0.05) is 58.7 Å². The van der Waals surface area contributed by atoms with E-state index in [4.69, 9.17) is 23.2 Å². The summed E-state index contributed by atoms with van der Waals surface area (Å²) < 4.78 is 0. The number of thioether (sulfide) groups is 1. The number of aromatic nitrogens is 4. The van der Waals surface area contributed by atoms with Crippen molar-refractivity contribution in [2.75, 3.05) is 13.1 Å². The number of amides is 1. The summed E-state index contributed by atoms with van der Waals surface area (Å²) in [7, 11) is 0. The van der Waals surface area contributed by atoms with Gasteiger partial charge in [-0.25, -0.2) is 0 Å². The maximum absolute atomic E-state index is 13.5. The first kappa shape index (κ1) is 20.2. The van der Waals surface area contributed by atoms with Crippen LogP contribution in [-0.4, -0.2) is 44.5 Å². The van der Waals surface area contributed by atoms with Crippen LogP contribution in [-0.2, 0) is 11.2 Å². The molecule has 1 aromatic heterocycles. The van der Waals surface area contributed by atoms with Crippen LogP contribution in [0.4, 0.5) is 0 Å². The van der Waals surface area contributed by atoms with Crippen LogP contribution in [0.1, 0.15) is 23.1 Å². The topological polar surface area (TPSA) is 74.8 Å². The molecule has 0 spiro atoms. The Labute approximate surface area is 183 Å². The van der Waals surface area contributed by atoms with Crippen molar-refractivity contribution in [2.45, 2.75) is 23.0 Å². The highest BCUT2D eigenvalue weighted by Gasteiger charge is 2.33. The van der Waals surface area contributed by atoms with Crippen LogP contribution in [0, 0.1) is 5.92 Å². The number of likely N-dealkylation sites (tertiary alicyclic amines) is 1. The van der Waals surface area contributed by atoms with Gasteiger partial charge in [-0.05, 0) is 36.1 Å². The molecule has 1 fully saturated rings. The normalized spacial score (nSPS) is 17.4. The fourth-order valence-electron chi connectivity index (χ4n) is 3.48. The van der Waals surface area contributed by atoms with E-state index in [1.807, 2.05) is 35.2 Å². The molecule has 1 aliphatic rings. The Morgan fingerprint density at radius 1 is 1.24 bits per heavy atom. The molecule has 0 bridgehead atoms. The molecule has 2 atom stereocenters. The van der Waals surface area contributed by atoms with Gasteiger partial charge in [0.2, 0.25) is 5.91 Å². The Morgan fingerprint density at radius 3 is 2.83 bits per heavy atom. The summed E-state index contributed by atoms with van der Waals surface area (Å²) in [6, 6.07) is 15.1. The third-order valence-electron chi connectivity index (χ3n) is 4.92. The predicted molar refractivity (Wildman–Crippen MR) is 114 cm³/mol. The third-order valence-corrected chi connectivity index (χ3v) is 6.90. The third kappa shape index (κ3) is 4.91. The first-order valence-electron chi connectivity index (χ1n) is 9.28. The fraction of sp³-hybridized carbons (Fsp3) is 0.300. The number of aromatic amines is 1. The largest absolute Gasteiger partial charge is 0.341 e. The first-order valence-corrected chi connectivity index (χ1v) is 10.9. The van der Waals surface area contributed by atoms with E-state index in [0.29, 0.717) is 41.3 Å². The Bertz CT molecular complexity index is 970. The van der Waals surface area contributed by atoms with Crippen LogP contribution < -0.4 is 0 Å². The lowest BCUT2D eigenvalue weighted by Crippen LogP contribution is -2.32. The van der Waals surface area contributed by atoms with Crippen LogP contribution >= 0.6 is 35.0 Å². The minimum atomic E-state index is -0.393. The molecule has 3 aromatic rings. The van der Waals surface area contributed by atoms with Crippen LogP contribution in [0.2, 0.25) is 10.0 Å². The summed E-state index contributed by atoms with van der Waals surface area (Å²) in [5.74, 6) is 1.09. The molecule has 2 heterocycles. The summed E-state index contributed by atoms with van der Waals surface area (Å²) in [5, 5.41) is 14.9. The summed E-state index contributed by atoms with van der Waals surface area (Å²) in [6.07, 6.45) is 1.63. The number of hydrogen-bond acceptors (Lipinski definition) is 5. The van der Waals surface area contributed by atoms with Crippen LogP contribution in [0.25, 0.3) is 0 Å². The van der Waals surface area contributed by atoms with Gasteiger partial charge < -0.3 is 4.90 Å². The lowest BCUT2D eigenvalue weighted by atomic mass is 10.1. The van der Waals surface area contributed by atoms with E-state index in [1.54, 1.807) is 18.2 Å². The Morgan fingerprint density at radius 2 is 2.07 bits per heavy atom. The number of carbonyl (C=O) groups is 1. The number of H-pyrrole nitrogens is 1. The maximum Gasteiger partial charge on any atom is 0.240 e. The smallest absolute Gasteiger partial charge is 0.240 e. The van der Waals surface area contributed by atoms with Crippen molar-refractivity contribution in [3.63, 3.8) is 0 Å². The monoisotopic (exact) mass is 447 g/mol. The number of benzene rings is 2. The second-order valence-electron chi connectivity index (χ2n) is 6.95. The summed E-state index contributed by atoms with van der Waals surface area (Å²) in [5.41, 5.74) is 0.945. The molecular formula is C20H19Cl2N5OS. The van der Waals surface area contributed by atoms with Gasteiger partial charge in [0.05, 0.1) is 5.02 Å². The van der Waals surface area contributed by atoms with E-state index in [1.165, 1.54) is 11.8 Å². The number of tetrazole rings is 1. The van der Waals surface area contributed by atoms with Gasteiger partial charge in [-0.2, -0.15) is 5.21 Å². The summed E-state index contributed by atoms with van der Waals surface area (Å²) in [4.78, 5) is 16.2. The zero-order valence-corrected chi connectivity index (χ0v) is 17.8. The molecule has 1 N–H and O–H groups in total. The average Bonchev–Trinajstić information content (AvgIpc) is 3.41. The molecule has 150 valence electrons. The molecule has 1 amide bonds. The molecule has 2 unspecified atom stereocenters. The van der Waals surface area contributed by atoms with Crippen molar-refractivity contribution < 1.29 is 4.79 Å². The first-order chi connectivity index (χ1) is 14.1. The Hall–Kier alpha value is -2.09. The van der Waals surface area contributed by atoms with Gasteiger partial charge in [0.1, 0.15) is 5.25 Å². The zero-order valence-electron chi connectivity index (χ0n) is 15.5. The lowest BCUT2D eigenvalue weighted by Gasteiger charge is -2.24. The molecule has 0 saturated carbocycles. The number of nitrogens with one attached hydrogen (secondary N) is 1.